The third-order valence-electron chi connectivity index (χ3n) is 3.34. The van der Waals surface area contributed by atoms with Gasteiger partial charge < -0.3 is 14.5 Å². The second kappa shape index (κ2) is 6.41. The Morgan fingerprint density at radius 1 is 1.12 bits per heavy atom. The number of hydrogen-bond donors (Lipinski definition) is 2. The van der Waals surface area contributed by atoms with E-state index in [4.69, 9.17) is 9.15 Å². The second-order valence-electron chi connectivity index (χ2n) is 4.98. The minimum absolute atomic E-state index is 0.301. The molecule has 0 radical (unpaired) electrons. The Labute approximate surface area is 136 Å². The number of fused-ring (bicyclic) bond motifs is 1. The summed E-state index contributed by atoms with van der Waals surface area (Å²) >= 11 is 0. The molecule has 0 saturated carbocycles. The number of carbonyl (C=O) groups is 2. The van der Waals surface area contributed by atoms with Crippen LogP contribution in [0.1, 0.15) is 27.6 Å². The molecule has 0 fully saturated rings. The van der Waals surface area contributed by atoms with Crippen molar-refractivity contribution < 1.29 is 18.7 Å². The van der Waals surface area contributed by atoms with E-state index in [2.05, 4.69) is 10.3 Å². The summed E-state index contributed by atoms with van der Waals surface area (Å²) in [5.41, 5.74) is 2.12. The van der Waals surface area contributed by atoms with Crippen molar-refractivity contribution in [2.45, 2.75) is 6.92 Å². The second-order valence-corrected chi connectivity index (χ2v) is 4.98. The number of H-pyrrole nitrogens is 1. The van der Waals surface area contributed by atoms with Gasteiger partial charge in [0.15, 0.2) is 5.58 Å². The van der Waals surface area contributed by atoms with E-state index in [0.29, 0.717) is 34.5 Å². The van der Waals surface area contributed by atoms with Crippen molar-refractivity contribution in [3.63, 3.8) is 0 Å². The van der Waals surface area contributed by atoms with Gasteiger partial charge in [0, 0.05) is 11.3 Å². The molecule has 0 aliphatic rings. The molecule has 122 valence electrons. The molecule has 24 heavy (non-hydrogen) atoms. The van der Waals surface area contributed by atoms with Crippen molar-refractivity contribution in [1.82, 2.24) is 4.98 Å². The summed E-state index contributed by atoms with van der Waals surface area (Å²) in [6, 6.07) is 11.0. The van der Waals surface area contributed by atoms with Crippen LogP contribution >= 0.6 is 0 Å². The Morgan fingerprint density at radius 2 is 1.83 bits per heavy atom. The average Bonchev–Trinajstić information content (AvgIpc) is 2.94. The highest BCUT2D eigenvalue weighted by atomic mass is 16.5. The number of oxazole rings is 1. The van der Waals surface area contributed by atoms with E-state index in [1.54, 1.807) is 43.3 Å². The zero-order valence-corrected chi connectivity index (χ0v) is 12.8. The predicted molar refractivity (Wildman–Crippen MR) is 87.2 cm³/mol. The van der Waals surface area contributed by atoms with Gasteiger partial charge in [-0.2, -0.15) is 0 Å². The van der Waals surface area contributed by atoms with Crippen LogP contribution in [0.3, 0.4) is 0 Å². The summed E-state index contributed by atoms with van der Waals surface area (Å²) in [7, 11) is 0. The lowest BCUT2D eigenvalue weighted by Crippen LogP contribution is -2.12. The van der Waals surface area contributed by atoms with E-state index in [1.165, 1.54) is 6.07 Å². The largest absolute Gasteiger partial charge is 0.462 e. The number of esters is 1. The maximum absolute atomic E-state index is 12.3. The van der Waals surface area contributed by atoms with E-state index >= 15 is 0 Å². The van der Waals surface area contributed by atoms with Crippen LogP contribution in [0, 0.1) is 0 Å². The van der Waals surface area contributed by atoms with Crippen molar-refractivity contribution in [3.05, 3.63) is 64.1 Å². The molecule has 1 heterocycles. The Kier molecular flexibility index (Phi) is 4.15. The highest BCUT2D eigenvalue weighted by Gasteiger charge is 2.10. The van der Waals surface area contributed by atoms with Crippen LogP contribution in [0.4, 0.5) is 5.69 Å². The molecule has 2 N–H and O–H groups in total. The molecule has 1 aromatic heterocycles. The molecule has 0 saturated heterocycles. The maximum atomic E-state index is 12.3. The first kappa shape index (κ1) is 15.5. The summed E-state index contributed by atoms with van der Waals surface area (Å²) in [6.07, 6.45) is 0. The fourth-order valence-corrected chi connectivity index (χ4v) is 2.19. The summed E-state index contributed by atoms with van der Waals surface area (Å²) in [6.45, 7) is 2.03. The van der Waals surface area contributed by atoms with Gasteiger partial charge in [-0.3, -0.25) is 9.78 Å². The maximum Gasteiger partial charge on any atom is 0.417 e. The number of anilines is 1. The van der Waals surface area contributed by atoms with Crippen LogP contribution in [0.2, 0.25) is 0 Å². The van der Waals surface area contributed by atoms with Crippen molar-refractivity contribution in [3.8, 4) is 0 Å². The zero-order chi connectivity index (χ0) is 17.1. The highest BCUT2D eigenvalue weighted by molar-refractivity contribution is 6.05. The lowest BCUT2D eigenvalue weighted by Gasteiger charge is -2.06. The van der Waals surface area contributed by atoms with Gasteiger partial charge >= 0.3 is 11.7 Å². The predicted octanol–water partition coefficient (Wildman–Crippen LogP) is 2.55. The van der Waals surface area contributed by atoms with E-state index in [-0.39, 0.29) is 5.91 Å². The summed E-state index contributed by atoms with van der Waals surface area (Å²) < 4.78 is 9.83. The van der Waals surface area contributed by atoms with Crippen LogP contribution < -0.4 is 11.1 Å². The molecule has 0 bridgehead atoms. The third kappa shape index (κ3) is 3.19. The molecule has 7 heteroatoms. The number of benzene rings is 2. The number of nitrogens with one attached hydrogen (secondary N) is 2. The molecule has 0 spiro atoms. The minimum Gasteiger partial charge on any atom is -0.462 e. The molecule has 3 aromatic rings. The van der Waals surface area contributed by atoms with Crippen LogP contribution in [-0.4, -0.2) is 23.5 Å². The molecule has 1 amide bonds. The third-order valence-corrected chi connectivity index (χ3v) is 3.34. The van der Waals surface area contributed by atoms with Crippen molar-refractivity contribution in [2.75, 3.05) is 11.9 Å². The number of hydrogen-bond acceptors (Lipinski definition) is 5. The van der Waals surface area contributed by atoms with Crippen molar-refractivity contribution in [1.29, 1.82) is 0 Å². The first-order valence-electron chi connectivity index (χ1n) is 7.28. The van der Waals surface area contributed by atoms with E-state index in [9.17, 15) is 14.4 Å². The first-order valence-corrected chi connectivity index (χ1v) is 7.28. The molecule has 0 aliphatic heterocycles. The van der Waals surface area contributed by atoms with Crippen LogP contribution in [0.15, 0.2) is 51.7 Å². The van der Waals surface area contributed by atoms with Gasteiger partial charge in [-0.15, -0.1) is 0 Å². The zero-order valence-electron chi connectivity index (χ0n) is 12.8. The monoisotopic (exact) mass is 326 g/mol. The van der Waals surface area contributed by atoms with Gasteiger partial charge in [-0.1, -0.05) is 0 Å². The smallest absolute Gasteiger partial charge is 0.417 e. The minimum atomic E-state index is -0.572. The molecular weight excluding hydrogens is 312 g/mol. The number of ether oxygens (including phenoxy) is 1. The molecule has 3 rings (SSSR count). The van der Waals surface area contributed by atoms with Crippen LogP contribution in [0.5, 0.6) is 0 Å². The van der Waals surface area contributed by atoms with E-state index in [0.717, 1.165) is 0 Å². The number of rotatable bonds is 4. The van der Waals surface area contributed by atoms with Crippen molar-refractivity contribution in [2.24, 2.45) is 0 Å². The molecule has 0 unspecified atom stereocenters. The van der Waals surface area contributed by atoms with E-state index in [1.807, 2.05) is 0 Å². The van der Waals surface area contributed by atoms with Crippen LogP contribution in [0.25, 0.3) is 11.1 Å². The van der Waals surface area contributed by atoms with Crippen molar-refractivity contribution >= 4 is 28.7 Å². The average molecular weight is 326 g/mol. The lowest BCUT2D eigenvalue weighted by atomic mass is 10.1. The SMILES string of the molecule is CCOC(=O)c1ccc(NC(=O)c2ccc3[nH]c(=O)oc3c2)cc1. The summed E-state index contributed by atoms with van der Waals surface area (Å²) in [5.74, 6) is -1.34. The Hall–Kier alpha value is -3.35. The summed E-state index contributed by atoms with van der Waals surface area (Å²) in [5, 5.41) is 2.71. The Bertz CT molecular complexity index is 953. The quantitative estimate of drug-likeness (QED) is 0.717. The first-order chi connectivity index (χ1) is 11.6. The number of amides is 1. The highest BCUT2D eigenvalue weighted by Crippen LogP contribution is 2.15. The van der Waals surface area contributed by atoms with Gasteiger partial charge in [-0.05, 0) is 49.4 Å². The molecule has 7 nitrogen and oxygen atoms in total. The fourth-order valence-electron chi connectivity index (χ4n) is 2.19. The molecule has 0 atom stereocenters. The van der Waals surface area contributed by atoms with Gasteiger partial charge in [0.2, 0.25) is 0 Å². The van der Waals surface area contributed by atoms with E-state index < -0.39 is 11.7 Å². The number of aromatic nitrogens is 1. The van der Waals surface area contributed by atoms with Gasteiger partial charge in [0.1, 0.15) is 0 Å². The Balaban J connectivity index is 1.75. The normalized spacial score (nSPS) is 10.5. The van der Waals surface area contributed by atoms with Crippen LogP contribution in [-0.2, 0) is 4.74 Å². The number of aromatic amines is 1. The van der Waals surface area contributed by atoms with Gasteiger partial charge in [0.25, 0.3) is 5.91 Å². The molecule has 0 aliphatic carbocycles. The topological polar surface area (TPSA) is 101 Å². The summed E-state index contributed by atoms with van der Waals surface area (Å²) in [4.78, 5) is 37.5. The van der Waals surface area contributed by atoms with Gasteiger partial charge in [0.05, 0.1) is 17.7 Å². The lowest BCUT2D eigenvalue weighted by molar-refractivity contribution is 0.0526. The van der Waals surface area contributed by atoms with Gasteiger partial charge in [-0.25, -0.2) is 9.59 Å². The Morgan fingerprint density at radius 3 is 2.54 bits per heavy atom. The molecule has 2 aromatic carbocycles. The fraction of sp³-hybridized carbons (Fsp3) is 0.118. The number of carbonyl (C=O) groups excluding carboxylic acids is 2. The standard InChI is InChI=1S/C17H14N2O5/c1-2-23-16(21)10-3-6-12(7-4-10)18-15(20)11-5-8-13-14(9-11)24-17(22)19-13/h3-9H,2H2,1H3,(H,18,20)(H,19,22). The molecular formula is C17H14N2O5.